The highest BCUT2D eigenvalue weighted by molar-refractivity contribution is 5.65. The minimum absolute atomic E-state index is 0.0430. The Labute approximate surface area is 136 Å². The first-order chi connectivity index (χ1) is 11.1. The monoisotopic (exact) mass is 311 g/mol. The van der Waals surface area contributed by atoms with Crippen molar-refractivity contribution >= 4 is 6.09 Å². The summed E-state index contributed by atoms with van der Waals surface area (Å²) in [5, 5.41) is 11.1. The van der Waals surface area contributed by atoms with Gasteiger partial charge in [0.05, 0.1) is 12.7 Å². The number of aryl methyl sites for hydroxylation is 1. The number of amides is 1. The van der Waals surface area contributed by atoms with Gasteiger partial charge in [-0.15, -0.1) is 0 Å². The summed E-state index contributed by atoms with van der Waals surface area (Å²) in [6.07, 6.45) is 0.713. The van der Waals surface area contributed by atoms with Gasteiger partial charge in [0, 0.05) is 6.04 Å². The summed E-state index contributed by atoms with van der Waals surface area (Å²) in [6.45, 7) is 2.65. The lowest BCUT2D eigenvalue weighted by molar-refractivity contribution is -0.0252. The van der Waals surface area contributed by atoms with Gasteiger partial charge in [-0.05, 0) is 36.5 Å². The highest BCUT2D eigenvalue weighted by atomic mass is 16.5. The van der Waals surface area contributed by atoms with E-state index in [2.05, 4.69) is 60.8 Å². The van der Waals surface area contributed by atoms with Crippen LogP contribution in [0.25, 0.3) is 11.1 Å². The van der Waals surface area contributed by atoms with Crippen molar-refractivity contribution in [1.82, 2.24) is 5.32 Å². The normalized spacial score (nSPS) is 19.9. The van der Waals surface area contributed by atoms with Crippen LogP contribution in [0.5, 0.6) is 0 Å². The molecule has 23 heavy (non-hydrogen) atoms. The molecular formula is C19H21NO3. The molecule has 0 spiro atoms. The fourth-order valence-electron chi connectivity index (χ4n) is 2.75. The van der Waals surface area contributed by atoms with E-state index in [9.17, 15) is 4.79 Å². The maximum absolute atomic E-state index is 10.5. The molecule has 3 rings (SSSR count). The molecule has 1 aliphatic carbocycles. The number of carboxylic acid groups (broad SMARTS) is 1. The number of ether oxygens (including phenoxy) is 1. The van der Waals surface area contributed by atoms with Crippen LogP contribution in [0, 0.1) is 6.92 Å². The Kier molecular flexibility index (Phi) is 4.63. The van der Waals surface area contributed by atoms with Crippen molar-refractivity contribution in [3.8, 4) is 11.1 Å². The molecule has 1 aliphatic rings. The van der Waals surface area contributed by atoms with Crippen LogP contribution in [0.4, 0.5) is 4.79 Å². The third-order valence-electron chi connectivity index (χ3n) is 4.25. The van der Waals surface area contributed by atoms with Crippen LogP contribution in [0.15, 0.2) is 48.5 Å². The zero-order chi connectivity index (χ0) is 16.2. The molecule has 0 aliphatic heterocycles. The Morgan fingerprint density at radius 3 is 2.22 bits per heavy atom. The van der Waals surface area contributed by atoms with Crippen LogP contribution in [-0.2, 0) is 11.3 Å². The second-order valence-electron chi connectivity index (χ2n) is 6.11. The SMILES string of the molecule is Cc1ccc(-c2ccc(COC3CC(NC(=O)O)C3)cc2)cc1. The van der Waals surface area contributed by atoms with Gasteiger partial charge in [-0.25, -0.2) is 4.79 Å². The predicted octanol–water partition coefficient (Wildman–Crippen LogP) is 3.98. The molecule has 0 saturated heterocycles. The van der Waals surface area contributed by atoms with Gasteiger partial charge in [-0.3, -0.25) is 0 Å². The second kappa shape index (κ2) is 6.84. The van der Waals surface area contributed by atoms with Crippen molar-refractivity contribution in [1.29, 1.82) is 0 Å². The second-order valence-corrected chi connectivity index (χ2v) is 6.11. The number of hydrogen-bond donors (Lipinski definition) is 2. The first-order valence-corrected chi connectivity index (χ1v) is 7.87. The van der Waals surface area contributed by atoms with Gasteiger partial charge in [-0.1, -0.05) is 54.1 Å². The summed E-state index contributed by atoms with van der Waals surface area (Å²) in [7, 11) is 0. The van der Waals surface area contributed by atoms with E-state index in [1.54, 1.807) is 0 Å². The third kappa shape index (κ3) is 4.11. The van der Waals surface area contributed by atoms with Gasteiger partial charge >= 0.3 is 6.09 Å². The lowest BCUT2D eigenvalue weighted by Gasteiger charge is -2.34. The Balaban J connectivity index is 1.49. The number of nitrogens with one attached hydrogen (secondary N) is 1. The highest BCUT2D eigenvalue weighted by Gasteiger charge is 2.30. The first kappa shape index (κ1) is 15.6. The van der Waals surface area contributed by atoms with E-state index in [-0.39, 0.29) is 12.1 Å². The maximum Gasteiger partial charge on any atom is 0.404 e. The summed E-state index contributed by atoms with van der Waals surface area (Å²) in [5.74, 6) is 0. The number of benzene rings is 2. The van der Waals surface area contributed by atoms with Crippen LogP contribution < -0.4 is 5.32 Å². The molecule has 0 atom stereocenters. The van der Waals surface area contributed by atoms with E-state index in [1.165, 1.54) is 16.7 Å². The molecule has 0 aromatic heterocycles. The molecule has 1 saturated carbocycles. The number of hydrogen-bond acceptors (Lipinski definition) is 2. The average molecular weight is 311 g/mol. The van der Waals surface area contributed by atoms with E-state index < -0.39 is 6.09 Å². The molecule has 4 heteroatoms. The summed E-state index contributed by atoms with van der Waals surface area (Å²) >= 11 is 0. The molecule has 0 radical (unpaired) electrons. The molecule has 2 N–H and O–H groups in total. The maximum atomic E-state index is 10.5. The first-order valence-electron chi connectivity index (χ1n) is 7.87. The van der Waals surface area contributed by atoms with Crippen molar-refractivity contribution in [2.45, 2.75) is 38.5 Å². The molecule has 0 heterocycles. The average Bonchev–Trinajstić information content (AvgIpc) is 2.50. The smallest absolute Gasteiger partial charge is 0.404 e. The minimum Gasteiger partial charge on any atom is -0.465 e. The van der Waals surface area contributed by atoms with E-state index in [4.69, 9.17) is 9.84 Å². The standard InChI is InChI=1S/C19H21NO3/c1-13-2-6-15(7-3-13)16-8-4-14(5-9-16)12-23-18-10-17(11-18)20-19(21)22/h2-9,17-18,20H,10-12H2,1H3,(H,21,22). The lowest BCUT2D eigenvalue weighted by atomic mass is 9.89. The van der Waals surface area contributed by atoms with E-state index in [0.717, 1.165) is 18.4 Å². The predicted molar refractivity (Wildman–Crippen MR) is 89.4 cm³/mol. The van der Waals surface area contributed by atoms with Gasteiger partial charge in [0.1, 0.15) is 0 Å². The summed E-state index contributed by atoms with van der Waals surface area (Å²) in [5.41, 5.74) is 4.80. The summed E-state index contributed by atoms with van der Waals surface area (Å²) in [4.78, 5) is 10.5. The van der Waals surface area contributed by atoms with Gasteiger partial charge in [0.25, 0.3) is 0 Å². The molecule has 120 valence electrons. The zero-order valence-corrected chi connectivity index (χ0v) is 13.2. The fraction of sp³-hybridized carbons (Fsp3) is 0.316. The van der Waals surface area contributed by atoms with Gasteiger partial charge in [0.2, 0.25) is 0 Å². The largest absolute Gasteiger partial charge is 0.465 e. The number of carbonyl (C=O) groups is 1. The van der Waals surface area contributed by atoms with Crippen LogP contribution in [0.2, 0.25) is 0 Å². The molecule has 2 aromatic carbocycles. The van der Waals surface area contributed by atoms with Crippen molar-refractivity contribution in [2.75, 3.05) is 0 Å². The Bertz CT molecular complexity index is 658. The van der Waals surface area contributed by atoms with Crippen molar-refractivity contribution in [2.24, 2.45) is 0 Å². The van der Waals surface area contributed by atoms with Gasteiger partial charge in [0.15, 0.2) is 0 Å². The van der Waals surface area contributed by atoms with Crippen molar-refractivity contribution in [3.05, 3.63) is 59.7 Å². The Morgan fingerprint density at radius 1 is 1.09 bits per heavy atom. The minimum atomic E-state index is -0.958. The van der Waals surface area contributed by atoms with Gasteiger partial charge < -0.3 is 15.2 Å². The van der Waals surface area contributed by atoms with E-state index >= 15 is 0 Å². The van der Waals surface area contributed by atoms with E-state index in [1.807, 2.05) is 0 Å². The molecule has 1 amide bonds. The van der Waals surface area contributed by atoms with Crippen molar-refractivity contribution in [3.63, 3.8) is 0 Å². The summed E-state index contributed by atoms with van der Waals surface area (Å²) in [6, 6.07) is 16.9. The quantitative estimate of drug-likeness (QED) is 0.878. The number of rotatable bonds is 5. The molecule has 1 fully saturated rings. The van der Waals surface area contributed by atoms with E-state index in [0.29, 0.717) is 6.61 Å². The molecule has 0 bridgehead atoms. The van der Waals surface area contributed by atoms with Crippen LogP contribution >= 0.6 is 0 Å². The van der Waals surface area contributed by atoms with Crippen molar-refractivity contribution < 1.29 is 14.6 Å². The highest BCUT2D eigenvalue weighted by Crippen LogP contribution is 2.25. The van der Waals surface area contributed by atoms with Gasteiger partial charge in [-0.2, -0.15) is 0 Å². The molecular weight excluding hydrogens is 290 g/mol. The Hall–Kier alpha value is -2.33. The zero-order valence-electron chi connectivity index (χ0n) is 13.2. The van der Waals surface area contributed by atoms with Crippen LogP contribution in [-0.4, -0.2) is 23.3 Å². The van der Waals surface area contributed by atoms with Crippen LogP contribution in [0.3, 0.4) is 0 Å². The fourth-order valence-corrected chi connectivity index (χ4v) is 2.75. The summed E-state index contributed by atoms with van der Waals surface area (Å²) < 4.78 is 5.80. The third-order valence-corrected chi connectivity index (χ3v) is 4.25. The lowest BCUT2D eigenvalue weighted by Crippen LogP contribution is -2.47. The molecule has 2 aromatic rings. The Morgan fingerprint density at radius 2 is 1.65 bits per heavy atom. The van der Waals surface area contributed by atoms with Crippen LogP contribution in [0.1, 0.15) is 24.0 Å². The topological polar surface area (TPSA) is 58.6 Å². The molecule has 4 nitrogen and oxygen atoms in total. The molecule has 0 unspecified atom stereocenters.